The van der Waals surface area contributed by atoms with Crippen molar-refractivity contribution in [2.24, 2.45) is 10.2 Å². The van der Waals surface area contributed by atoms with Gasteiger partial charge >= 0.3 is 0 Å². The molecule has 16 heavy (non-hydrogen) atoms. The second kappa shape index (κ2) is 4.81. The molecule has 82 valence electrons. The van der Waals surface area contributed by atoms with Gasteiger partial charge in [0.2, 0.25) is 0 Å². The second-order valence-corrected chi connectivity index (χ2v) is 4.44. The van der Waals surface area contributed by atoms with E-state index in [4.69, 9.17) is 23.2 Å². The summed E-state index contributed by atoms with van der Waals surface area (Å²) in [5.74, 6) is 0. The van der Waals surface area contributed by atoms with Crippen molar-refractivity contribution >= 4 is 40.2 Å². The van der Waals surface area contributed by atoms with E-state index in [0.29, 0.717) is 11.6 Å². The molecule has 2 nitrogen and oxygen atoms in total. The minimum absolute atomic E-state index is 0.513. The fourth-order valence-electron chi connectivity index (χ4n) is 1.47. The summed E-state index contributed by atoms with van der Waals surface area (Å²) >= 11 is 11.8. The average Bonchev–Trinajstić information content (AvgIpc) is 2.24. The highest BCUT2D eigenvalue weighted by molar-refractivity contribution is 6.66. The fraction of sp³-hybridized carbons (Fsp3) is 0.167. The molecule has 0 aliphatic carbocycles. The molecule has 0 spiro atoms. The highest BCUT2D eigenvalue weighted by atomic mass is 35.5. The molecule has 0 saturated carbocycles. The van der Waals surface area contributed by atoms with Crippen LogP contribution in [-0.2, 0) is 0 Å². The highest BCUT2D eigenvalue weighted by Crippen LogP contribution is 2.19. The fourth-order valence-corrected chi connectivity index (χ4v) is 1.85. The number of hydrogen-bond acceptors (Lipinski definition) is 2. The van der Waals surface area contributed by atoms with Gasteiger partial charge in [0, 0.05) is 11.4 Å². The molecule has 0 saturated heterocycles. The van der Waals surface area contributed by atoms with Gasteiger partial charge in [-0.2, -0.15) is 5.10 Å². The Bertz CT molecular complexity index is 501. The van der Waals surface area contributed by atoms with Gasteiger partial charge in [-0.1, -0.05) is 35.3 Å². The molecule has 0 N–H and O–H groups in total. The maximum absolute atomic E-state index is 5.92. The third kappa shape index (κ3) is 2.71. The van der Waals surface area contributed by atoms with Crippen LogP contribution >= 0.6 is 23.2 Å². The van der Waals surface area contributed by atoms with Crippen LogP contribution in [0, 0.1) is 0 Å². The van der Waals surface area contributed by atoms with Crippen LogP contribution in [0.3, 0.4) is 0 Å². The zero-order chi connectivity index (χ0) is 11.5. The summed E-state index contributed by atoms with van der Waals surface area (Å²) in [7, 11) is 0. The van der Waals surface area contributed by atoms with Crippen molar-refractivity contribution in [1.29, 1.82) is 0 Å². The topological polar surface area (TPSA) is 24.7 Å². The van der Waals surface area contributed by atoms with Gasteiger partial charge in [0.05, 0.1) is 5.71 Å². The summed E-state index contributed by atoms with van der Waals surface area (Å²) in [6, 6.07) is 7.66. The summed E-state index contributed by atoms with van der Waals surface area (Å²) in [4.78, 5) is 0. The van der Waals surface area contributed by atoms with Gasteiger partial charge in [-0.05, 0) is 36.3 Å². The highest BCUT2D eigenvalue weighted by Gasteiger charge is 2.10. The second-order valence-electron chi connectivity index (χ2n) is 3.56. The van der Waals surface area contributed by atoms with E-state index in [1.165, 1.54) is 0 Å². The van der Waals surface area contributed by atoms with E-state index < -0.39 is 0 Å². The van der Waals surface area contributed by atoms with Crippen LogP contribution in [0.5, 0.6) is 0 Å². The smallest absolute Gasteiger partial charge is 0.133 e. The lowest BCUT2D eigenvalue weighted by Gasteiger charge is -2.09. The van der Waals surface area contributed by atoms with Crippen molar-refractivity contribution in [3.05, 3.63) is 40.4 Å². The molecule has 0 amide bonds. The first-order chi connectivity index (χ1) is 7.65. The number of rotatable bonds is 1. The van der Waals surface area contributed by atoms with Crippen molar-refractivity contribution in [1.82, 2.24) is 0 Å². The first kappa shape index (κ1) is 11.4. The van der Waals surface area contributed by atoms with E-state index in [-0.39, 0.29) is 0 Å². The first-order valence-electron chi connectivity index (χ1n) is 4.88. The number of hydrogen-bond donors (Lipinski definition) is 0. The molecule has 0 radical (unpaired) electrons. The summed E-state index contributed by atoms with van der Waals surface area (Å²) in [6.45, 7) is 1.92. The van der Waals surface area contributed by atoms with E-state index in [2.05, 4.69) is 10.2 Å². The molecule has 1 heterocycles. The molecule has 4 heteroatoms. The predicted octanol–water partition coefficient (Wildman–Crippen LogP) is 4.14. The van der Waals surface area contributed by atoms with E-state index in [1.54, 1.807) is 0 Å². The Hall–Kier alpha value is -1.12. The van der Waals surface area contributed by atoms with E-state index in [1.807, 2.05) is 37.3 Å². The maximum atomic E-state index is 5.92. The zero-order valence-corrected chi connectivity index (χ0v) is 10.3. The van der Waals surface area contributed by atoms with Gasteiger partial charge < -0.3 is 0 Å². The Labute approximate surface area is 104 Å². The molecular formula is C12H10Cl2N2. The van der Waals surface area contributed by atoms with Gasteiger partial charge in [0.25, 0.3) is 0 Å². The maximum Gasteiger partial charge on any atom is 0.133 e. The van der Waals surface area contributed by atoms with Crippen molar-refractivity contribution in [2.75, 3.05) is 0 Å². The van der Waals surface area contributed by atoms with E-state index in [9.17, 15) is 0 Å². The van der Waals surface area contributed by atoms with Gasteiger partial charge in [-0.15, -0.1) is 5.10 Å². The largest absolute Gasteiger partial charge is 0.154 e. The van der Waals surface area contributed by atoms with Crippen molar-refractivity contribution in [2.45, 2.75) is 13.3 Å². The third-order valence-electron chi connectivity index (χ3n) is 2.30. The van der Waals surface area contributed by atoms with Crippen LogP contribution in [0.1, 0.15) is 18.9 Å². The minimum Gasteiger partial charge on any atom is -0.154 e. The Morgan fingerprint density at radius 1 is 1.25 bits per heavy atom. The normalized spacial score (nSPS) is 18.3. The van der Waals surface area contributed by atoms with E-state index in [0.717, 1.165) is 21.9 Å². The lowest BCUT2D eigenvalue weighted by atomic mass is 10.0. The minimum atomic E-state index is 0.513. The third-order valence-corrected chi connectivity index (χ3v) is 2.74. The molecule has 0 fully saturated rings. The summed E-state index contributed by atoms with van der Waals surface area (Å²) < 4.78 is 0. The molecule has 0 aromatic heterocycles. The van der Waals surface area contributed by atoms with Crippen LogP contribution in [0.2, 0.25) is 5.02 Å². The summed E-state index contributed by atoms with van der Waals surface area (Å²) in [5, 5.41) is 9.04. The van der Waals surface area contributed by atoms with Crippen LogP contribution in [0.15, 0.2) is 40.0 Å². The Morgan fingerprint density at radius 2 is 2.06 bits per heavy atom. The molecule has 0 unspecified atom stereocenters. The molecule has 1 aliphatic rings. The number of nitrogens with zero attached hydrogens (tertiary/aromatic N) is 2. The van der Waals surface area contributed by atoms with Gasteiger partial charge in [-0.3, -0.25) is 0 Å². The van der Waals surface area contributed by atoms with Crippen LogP contribution in [-0.4, -0.2) is 10.9 Å². The number of benzene rings is 1. The lowest BCUT2D eigenvalue weighted by molar-refractivity contribution is 1.17. The molecule has 0 atom stereocenters. The number of halogens is 2. The Kier molecular flexibility index (Phi) is 3.42. The Morgan fingerprint density at radius 3 is 2.81 bits per heavy atom. The SMILES string of the molecule is CC1=NN=C(Cl)C/C1=C\c1cccc(Cl)c1. The van der Waals surface area contributed by atoms with E-state index >= 15 is 0 Å². The molecule has 1 aromatic rings. The standard InChI is InChI=1S/C12H10Cl2N2/c1-8-10(7-12(14)16-15-8)5-9-3-2-4-11(13)6-9/h2-6H,7H2,1H3/b10-5+. The van der Waals surface area contributed by atoms with Crippen molar-refractivity contribution in [3.63, 3.8) is 0 Å². The quantitative estimate of drug-likeness (QED) is 0.718. The molecular weight excluding hydrogens is 243 g/mol. The average molecular weight is 253 g/mol. The summed E-state index contributed by atoms with van der Waals surface area (Å²) in [6.07, 6.45) is 2.66. The monoisotopic (exact) mass is 252 g/mol. The van der Waals surface area contributed by atoms with Gasteiger partial charge in [0.15, 0.2) is 0 Å². The molecule has 1 aliphatic heterocycles. The van der Waals surface area contributed by atoms with Crippen molar-refractivity contribution < 1.29 is 0 Å². The Balaban J connectivity index is 2.32. The van der Waals surface area contributed by atoms with Crippen LogP contribution in [0.25, 0.3) is 6.08 Å². The van der Waals surface area contributed by atoms with Gasteiger partial charge in [0.1, 0.15) is 5.17 Å². The van der Waals surface area contributed by atoms with Crippen LogP contribution < -0.4 is 0 Å². The summed E-state index contributed by atoms with van der Waals surface area (Å²) in [5.41, 5.74) is 3.01. The van der Waals surface area contributed by atoms with Crippen LogP contribution in [0.4, 0.5) is 0 Å². The molecule has 2 rings (SSSR count). The molecule has 0 bridgehead atoms. The van der Waals surface area contributed by atoms with Gasteiger partial charge in [-0.25, -0.2) is 0 Å². The molecule has 1 aromatic carbocycles. The first-order valence-corrected chi connectivity index (χ1v) is 5.64. The predicted molar refractivity (Wildman–Crippen MR) is 70.4 cm³/mol. The lowest BCUT2D eigenvalue weighted by Crippen LogP contribution is -2.06. The van der Waals surface area contributed by atoms with Crippen molar-refractivity contribution in [3.8, 4) is 0 Å². The zero-order valence-electron chi connectivity index (χ0n) is 8.74. The number of allylic oxidation sites excluding steroid dienone is 1.